The molecule has 0 bridgehead atoms. The van der Waals surface area contributed by atoms with E-state index in [1.165, 1.54) is 0 Å². The van der Waals surface area contributed by atoms with Crippen LogP contribution in [0.4, 0.5) is 5.69 Å². The van der Waals surface area contributed by atoms with Crippen LogP contribution >= 0.6 is 34.2 Å². The van der Waals surface area contributed by atoms with Crippen LogP contribution in [0.5, 0.6) is 0 Å². The van der Waals surface area contributed by atoms with Gasteiger partial charge in [-0.05, 0) is 41.1 Å². The fourth-order valence-corrected chi connectivity index (χ4v) is 2.92. The number of hydrogen-bond acceptors (Lipinski definition) is 3. The van der Waals surface area contributed by atoms with Gasteiger partial charge in [0.2, 0.25) is 0 Å². The molecule has 0 fully saturated rings. The summed E-state index contributed by atoms with van der Waals surface area (Å²) < 4.78 is 0.985. The molecule has 0 unspecified atom stereocenters. The van der Waals surface area contributed by atoms with Gasteiger partial charge in [0.15, 0.2) is 0 Å². The second-order valence-corrected chi connectivity index (χ2v) is 5.47. The summed E-state index contributed by atoms with van der Waals surface area (Å²) in [5.74, 6) is 0. The number of benzene rings is 1. The van der Waals surface area contributed by atoms with Crippen molar-refractivity contribution in [2.75, 3.05) is 11.9 Å². The molecule has 3 nitrogen and oxygen atoms in total. The average molecular weight is 372 g/mol. The van der Waals surface area contributed by atoms with Gasteiger partial charge in [0.25, 0.3) is 0 Å². The van der Waals surface area contributed by atoms with E-state index in [4.69, 9.17) is 16.9 Å². The Labute approximate surface area is 124 Å². The maximum atomic E-state index is 9.15. The van der Waals surface area contributed by atoms with Gasteiger partial charge in [-0.3, -0.25) is 4.98 Å². The lowest BCUT2D eigenvalue weighted by molar-refractivity contribution is 0.980. The summed E-state index contributed by atoms with van der Waals surface area (Å²) in [6, 6.07) is 5.89. The quantitative estimate of drug-likeness (QED) is 0.823. The molecule has 1 aromatic heterocycles. The van der Waals surface area contributed by atoms with Gasteiger partial charge in [0.1, 0.15) is 6.07 Å². The minimum absolute atomic E-state index is 0.550. The fourth-order valence-electron chi connectivity index (χ4n) is 1.75. The number of anilines is 1. The zero-order valence-electron chi connectivity index (χ0n) is 9.80. The Morgan fingerprint density at radius 2 is 2.28 bits per heavy atom. The highest BCUT2D eigenvalue weighted by molar-refractivity contribution is 14.1. The summed E-state index contributed by atoms with van der Waals surface area (Å²) in [4.78, 5) is 4.33. The maximum Gasteiger partial charge on any atom is 0.103 e. The van der Waals surface area contributed by atoms with E-state index in [2.05, 4.69) is 45.9 Å². The summed E-state index contributed by atoms with van der Waals surface area (Å²) in [7, 11) is 0. The Bertz CT molecular complexity index is 634. The molecule has 0 atom stereocenters. The molecular formula is C13H11ClIN3. The van der Waals surface area contributed by atoms with Crippen LogP contribution in [0.2, 0.25) is 5.02 Å². The first-order valence-corrected chi connectivity index (χ1v) is 7.04. The SMILES string of the molecule is CCCNc1c(C#N)cnc2c(I)cc(Cl)cc12. The van der Waals surface area contributed by atoms with Crippen LogP contribution in [-0.2, 0) is 0 Å². The first-order valence-electron chi connectivity index (χ1n) is 5.59. The van der Waals surface area contributed by atoms with Gasteiger partial charge in [-0.25, -0.2) is 0 Å². The number of pyridine rings is 1. The van der Waals surface area contributed by atoms with E-state index in [1.807, 2.05) is 12.1 Å². The number of hydrogen-bond donors (Lipinski definition) is 1. The van der Waals surface area contributed by atoms with Crippen LogP contribution in [0.3, 0.4) is 0 Å². The smallest absolute Gasteiger partial charge is 0.103 e. The van der Waals surface area contributed by atoms with Crippen molar-refractivity contribution in [2.45, 2.75) is 13.3 Å². The van der Waals surface area contributed by atoms with Crippen LogP contribution in [0.1, 0.15) is 18.9 Å². The van der Waals surface area contributed by atoms with Gasteiger partial charge in [-0.15, -0.1) is 0 Å². The Balaban J connectivity index is 2.72. The third-order valence-electron chi connectivity index (χ3n) is 2.56. The van der Waals surface area contributed by atoms with Crippen molar-refractivity contribution in [1.82, 2.24) is 4.98 Å². The number of rotatable bonds is 3. The van der Waals surface area contributed by atoms with Crippen molar-refractivity contribution in [3.8, 4) is 6.07 Å². The molecule has 0 saturated heterocycles. The van der Waals surface area contributed by atoms with Gasteiger partial charge in [0.05, 0.1) is 16.8 Å². The van der Waals surface area contributed by atoms with E-state index in [0.29, 0.717) is 10.6 Å². The molecule has 1 N–H and O–H groups in total. The van der Waals surface area contributed by atoms with Crippen LogP contribution < -0.4 is 5.32 Å². The first kappa shape index (κ1) is 13.4. The molecule has 1 heterocycles. The Morgan fingerprint density at radius 1 is 1.50 bits per heavy atom. The molecule has 18 heavy (non-hydrogen) atoms. The highest BCUT2D eigenvalue weighted by atomic mass is 127. The number of halogens is 2. The third kappa shape index (κ3) is 2.52. The van der Waals surface area contributed by atoms with Gasteiger partial charge < -0.3 is 5.32 Å². The lowest BCUT2D eigenvalue weighted by Gasteiger charge is -2.11. The van der Waals surface area contributed by atoms with Crippen molar-refractivity contribution in [1.29, 1.82) is 5.26 Å². The monoisotopic (exact) mass is 371 g/mol. The fraction of sp³-hybridized carbons (Fsp3) is 0.231. The Morgan fingerprint density at radius 3 is 2.94 bits per heavy atom. The predicted octanol–water partition coefficient (Wildman–Crippen LogP) is 4.19. The lowest BCUT2D eigenvalue weighted by Crippen LogP contribution is -2.03. The van der Waals surface area contributed by atoms with E-state index in [1.54, 1.807) is 6.20 Å². The van der Waals surface area contributed by atoms with Gasteiger partial charge in [-0.2, -0.15) is 5.26 Å². The van der Waals surface area contributed by atoms with Crippen LogP contribution in [0, 0.1) is 14.9 Å². The molecule has 0 saturated carbocycles. The molecule has 92 valence electrons. The molecule has 0 amide bonds. The van der Waals surface area contributed by atoms with Crippen molar-refractivity contribution in [3.05, 3.63) is 32.5 Å². The van der Waals surface area contributed by atoms with Gasteiger partial charge >= 0.3 is 0 Å². The summed E-state index contributed by atoms with van der Waals surface area (Å²) in [6.07, 6.45) is 2.60. The van der Waals surface area contributed by atoms with E-state index < -0.39 is 0 Å². The number of fused-ring (bicyclic) bond motifs is 1. The molecular weight excluding hydrogens is 361 g/mol. The van der Waals surface area contributed by atoms with Gasteiger partial charge in [-0.1, -0.05) is 18.5 Å². The zero-order valence-corrected chi connectivity index (χ0v) is 12.7. The van der Waals surface area contributed by atoms with E-state index in [-0.39, 0.29) is 0 Å². The average Bonchev–Trinajstić information content (AvgIpc) is 2.35. The van der Waals surface area contributed by atoms with E-state index in [0.717, 1.165) is 33.1 Å². The molecule has 0 aliphatic rings. The topological polar surface area (TPSA) is 48.7 Å². The predicted molar refractivity (Wildman–Crippen MR) is 83.0 cm³/mol. The molecule has 2 rings (SSSR count). The highest BCUT2D eigenvalue weighted by Crippen LogP contribution is 2.31. The number of nitrogens with one attached hydrogen (secondary N) is 1. The van der Waals surface area contributed by atoms with E-state index in [9.17, 15) is 0 Å². The summed E-state index contributed by atoms with van der Waals surface area (Å²) >= 11 is 8.29. The highest BCUT2D eigenvalue weighted by Gasteiger charge is 2.11. The first-order chi connectivity index (χ1) is 8.67. The molecule has 0 aliphatic heterocycles. The normalized spacial score (nSPS) is 10.3. The summed E-state index contributed by atoms with van der Waals surface area (Å²) in [5, 5.41) is 14.0. The van der Waals surface area contributed by atoms with Crippen molar-refractivity contribution < 1.29 is 0 Å². The third-order valence-corrected chi connectivity index (χ3v) is 3.60. The largest absolute Gasteiger partial charge is 0.383 e. The Hall–Kier alpha value is -1.06. The molecule has 1 aromatic carbocycles. The molecule has 0 aliphatic carbocycles. The minimum Gasteiger partial charge on any atom is -0.383 e. The lowest BCUT2D eigenvalue weighted by atomic mass is 10.1. The van der Waals surface area contributed by atoms with Crippen LogP contribution in [-0.4, -0.2) is 11.5 Å². The maximum absolute atomic E-state index is 9.15. The van der Waals surface area contributed by atoms with Crippen molar-refractivity contribution >= 4 is 50.8 Å². The number of aromatic nitrogens is 1. The number of nitrogens with zero attached hydrogens (tertiary/aromatic N) is 2. The standard InChI is InChI=1S/C13H11ClIN3/c1-2-3-17-12-8(6-16)7-18-13-10(12)4-9(14)5-11(13)15/h4-5,7H,2-3H2,1H3,(H,17,18). The molecule has 0 radical (unpaired) electrons. The summed E-state index contributed by atoms with van der Waals surface area (Å²) in [5.41, 5.74) is 2.25. The van der Waals surface area contributed by atoms with Crippen LogP contribution in [0.25, 0.3) is 10.9 Å². The second kappa shape index (κ2) is 5.72. The summed E-state index contributed by atoms with van der Waals surface area (Å²) in [6.45, 7) is 2.90. The van der Waals surface area contributed by atoms with E-state index >= 15 is 0 Å². The Kier molecular flexibility index (Phi) is 4.25. The molecule has 0 spiro atoms. The molecule has 5 heteroatoms. The second-order valence-electron chi connectivity index (χ2n) is 3.87. The van der Waals surface area contributed by atoms with Crippen molar-refractivity contribution in [3.63, 3.8) is 0 Å². The minimum atomic E-state index is 0.550. The van der Waals surface area contributed by atoms with Crippen molar-refractivity contribution in [2.24, 2.45) is 0 Å². The van der Waals surface area contributed by atoms with Gasteiger partial charge in [0, 0.05) is 26.7 Å². The molecule has 2 aromatic rings. The van der Waals surface area contributed by atoms with Crippen LogP contribution in [0.15, 0.2) is 18.3 Å². The zero-order chi connectivity index (χ0) is 13.1. The number of nitriles is 1.